The van der Waals surface area contributed by atoms with E-state index in [0.717, 1.165) is 39.0 Å². The Balaban J connectivity index is 2.34. The summed E-state index contributed by atoms with van der Waals surface area (Å²) < 4.78 is 5.01. The number of carbonyl (C=O) groups is 1. The van der Waals surface area contributed by atoms with E-state index in [1.165, 1.54) is 0 Å². The highest BCUT2D eigenvalue weighted by molar-refractivity contribution is 5.67. The average Bonchev–Trinajstić information content (AvgIpc) is 2.27. The second-order valence-electron chi connectivity index (χ2n) is 3.93. The molecule has 0 aromatic carbocycles. The summed E-state index contributed by atoms with van der Waals surface area (Å²) in [6.45, 7) is 8.03. The molecule has 0 aromatic rings. The van der Waals surface area contributed by atoms with Crippen LogP contribution in [0.1, 0.15) is 26.7 Å². The number of nitrogens with one attached hydrogen (secondary N) is 1. The lowest BCUT2D eigenvalue weighted by atomic mass is 9.98. The van der Waals surface area contributed by atoms with Crippen LogP contribution in [0.3, 0.4) is 0 Å². The standard InChI is InChI=1S/C11H22N2O2/c1-3-13(11(14)15-4-2)9-10-5-7-12-8-6-10/h10,12H,3-9H2,1-2H3. The van der Waals surface area contributed by atoms with Crippen LogP contribution in [0.25, 0.3) is 0 Å². The van der Waals surface area contributed by atoms with E-state index < -0.39 is 0 Å². The van der Waals surface area contributed by atoms with Crippen LogP contribution < -0.4 is 5.32 Å². The molecule has 1 aliphatic heterocycles. The Morgan fingerprint density at radius 2 is 2.07 bits per heavy atom. The van der Waals surface area contributed by atoms with Crippen LogP contribution in [0, 0.1) is 5.92 Å². The van der Waals surface area contributed by atoms with E-state index in [-0.39, 0.29) is 6.09 Å². The maximum absolute atomic E-state index is 11.5. The van der Waals surface area contributed by atoms with Crippen molar-refractivity contribution in [1.29, 1.82) is 0 Å². The number of rotatable bonds is 4. The summed E-state index contributed by atoms with van der Waals surface area (Å²) in [5.74, 6) is 0.635. The van der Waals surface area contributed by atoms with Gasteiger partial charge in [-0.15, -0.1) is 0 Å². The average molecular weight is 214 g/mol. The van der Waals surface area contributed by atoms with Crippen molar-refractivity contribution in [2.24, 2.45) is 5.92 Å². The van der Waals surface area contributed by atoms with Gasteiger partial charge in [0.1, 0.15) is 0 Å². The molecule has 1 aliphatic rings. The summed E-state index contributed by atoms with van der Waals surface area (Å²) in [5.41, 5.74) is 0. The molecule has 1 heterocycles. The second-order valence-corrected chi connectivity index (χ2v) is 3.93. The predicted molar refractivity (Wildman–Crippen MR) is 59.9 cm³/mol. The fourth-order valence-electron chi connectivity index (χ4n) is 1.92. The number of ether oxygens (including phenoxy) is 1. The Hall–Kier alpha value is -0.770. The molecule has 1 fully saturated rings. The molecule has 0 bridgehead atoms. The van der Waals surface area contributed by atoms with Crippen LogP contribution >= 0.6 is 0 Å². The summed E-state index contributed by atoms with van der Waals surface area (Å²) in [7, 11) is 0. The maximum Gasteiger partial charge on any atom is 0.409 e. The van der Waals surface area contributed by atoms with Crippen LogP contribution in [-0.4, -0.2) is 43.8 Å². The topological polar surface area (TPSA) is 41.6 Å². The third kappa shape index (κ3) is 4.08. The largest absolute Gasteiger partial charge is 0.450 e. The lowest BCUT2D eigenvalue weighted by molar-refractivity contribution is 0.0998. The van der Waals surface area contributed by atoms with E-state index in [1.54, 1.807) is 4.90 Å². The molecule has 4 heteroatoms. The fraction of sp³-hybridized carbons (Fsp3) is 0.909. The minimum absolute atomic E-state index is 0.168. The Bertz CT molecular complexity index is 191. The molecule has 0 radical (unpaired) electrons. The zero-order valence-electron chi connectivity index (χ0n) is 9.79. The van der Waals surface area contributed by atoms with Crippen molar-refractivity contribution < 1.29 is 9.53 Å². The first-order valence-electron chi connectivity index (χ1n) is 5.90. The minimum Gasteiger partial charge on any atom is -0.450 e. The van der Waals surface area contributed by atoms with Gasteiger partial charge in [-0.2, -0.15) is 0 Å². The van der Waals surface area contributed by atoms with Gasteiger partial charge in [-0.1, -0.05) is 0 Å². The number of nitrogens with zero attached hydrogens (tertiary/aromatic N) is 1. The highest BCUT2D eigenvalue weighted by Crippen LogP contribution is 2.13. The molecule has 0 spiro atoms. The number of amides is 1. The van der Waals surface area contributed by atoms with Crippen molar-refractivity contribution in [2.45, 2.75) is 26.7 Å². The third-order valence-electron chi connectivity index (χ3n) is 2.85. The second kappa shape index (κ2) is 6.67. The number of piperidine rings is 1. The highest BCUT2D eigenvalue weighted by atomic mass is 16.6. The fourth-order valence-corrected chi connectivity index (χ4v) is 1.92. The van der Waals surface area contributed by atoms with Crippen molar-refractivity contribution in [3.05, 3.63) is 0 Å². The van der Waals surface area contributed by atoms with Crippen molar-refractivity contribution in [1.82, 2.24) is 10.2 Å². The smallest absolute Gasteiger partial charge is 0.409 e. The summed E-state index contributed by atoms with van der Waals surface area (Å²) >= 11 is 0. The lowest BCUT2D eigenvalue weighted by Crippen LogP contribution is -2.39. The Kier molecular flexibility index (Phi) is 5.47. The lowest BCUT2D eigenvalue weighted by Gasteiger charge is -2.28. The number of hydrogen-bond donors (Lipinski definition) is 1. The van der Waals surface area contributed by atoms with Crippen LogP contribution in [0.2, 0.25) is 0 Å². The van der Waals surface area contributed by atoms with Crippen molar-refractivity contribution in [2.75, 3.05) is 32.8 Å². The van der Waals surface area contributed by atoms with Gasteiger partial charge in [-0.25, -0.2) is 4.79 Å². The van der Waals surface area contributed by atoms with E-state index >= 15 is 0 Å². The number of carbonyl (C=O) groups excluding carboxylic acids is 1. The maximum atomic E-state index is 11.5. The van der Waals surface area contributed by atoms with Gasteiger partial charge in [0.15, 0.2) is 0 Å². The van der Waals surface area contributed by atoms with Crippen molar-refractivity contribution in [3.63, 3.8) is 0 Å². The molecule has 0 aromatic heterocycles. The number of hydrogen-bond acceptors (Lipinski definition) is 3. The van der Waals surface area contributed by atoms with Crippen molar-refractivity contribution in [3.8, 4) is 0 Å². The van der Waals surface area contributed by atoms with Crippen molar-refractivity contribution >= 4 is 6.09 Å². The molecule has 1 rings (SSSR count). The molecule has 0 atom stereocenters. The Morgan fingerprint density at radius 1 is 1.40 bits per heavy atom. The summed E-state index contributed by atoms with van der Waals surface area (Å²) in [5, 5.41) is 3.33. The monoisotopic (exact) mass is 214 g/mol. The summed E-state index contributed by atoms with van der Waals surface area (Å²) in [4.78, 5) is 13.3. The van der Waals surface area contributed by atoms with Gasteiger partial charge in [-0.05, 0) is 45.7 Å². The van der Waals surface area contributed by atoms with Gasteiger partial charge in [-0.3, -0.25) is 0 Å². The zero-order chi connectivity index (χ0) is 11.1. The van der Waals surface area contributed by atoms with E-state index in [4.69, 9.17) is 4.74 Å². The van der Waals surface area contributed by atoms with E-state index in [1.807, 2.05) is 13.8 Å². The Labute approximate surface area is 92.0 Å². The first-order valence-corrected chi connectivity index (χ1v) is 5.90. The SMILES string of the molecule is CCOC(=O)N(CC)CC1CCNCC1. The molecule has 0 unspecified atom stereocenters. The van der Waals surface area contributed by atoms with Gasteiger partial charge in [0.25, 0.3) is 0 Å². The van der Waals surface area contributed by atoms with Crippen LogP contribution in [0.5, 0.6) is 0 Å². The quantitative estimate of drug-likeness (QED) is 0.770. The van der Waals surface area contributed by atoms with Gasteiger partial charge in [0.2, 0.25) is 0 Å². The zero-order valence-corrected chi connectivity index (χ0v) is 9.79. The van der Waals surface area contributed by atoms with Crippen LogP contribution in [-0.2, 0) is 4.74 Å². The Morgan fingerprint density at radius 3 is 2.60 bits per heavy atom. The first-order chi connectivity index (χ1) is 7.27. The molecular weight excluding hydrogens is 192 g/mol. The highest BCUT2D eigenvalue weighted by Gasteiger charge is 2.19. The molecule has 0 saturated carbocycles. The van der Waals surface area contributed by atoms with Crippen LogP contribution in [0.15, 0.2) is 0 Å². The molecule has 1 amide bonds. The minimum atomic E-state index is -0.168. The van der Waals surface area contributed by atoms with E-state index in [2.05, 4.69) is 5.32 Å². The normalized spacial score (nSPS) is 17.5. The van der Waals surface area contributed by atoms with Gasteiger partial charge in [0, 0.05) is 13.1 Å². The molecule has 88 valence electrons. The molecule has 1 N–H and O–H groups in total. The summed E-state index contributed by atoms with van der Waals surface area (Å²) in [6.07, 6.45) is 2.16. The molecule has 4 nitrogen and oxygen atoms in total. The van der Waals surface area contributed by atoms with E-state index in [0.29, 0.717) is 12.5 Å². The van der Waals surface area contributed by atoms with Gasteiger partial charge < -0.3 is 15.0 Å². The molecule has 1 saturated heterocycles. The third-order valence-corrected chi connectivity index (χ3v) is 2.85. The summed E-state index contributed by atoms with van der Waals surface area (Å²) in [6, 6.07) is 0. The van der Waals surface area contributed by atoms with E-state index in [9.17, 15) is 4.79 Å². The van der Waals surface area contributed by atoms with Gasteiger partial charge >= 0.3 is 6.09 Å². The molecular formula is C11H22N2O2. The molecule has 0 aliphatic carbocycles. The molecule has 15 heavy (non-hydrogen) atoms. The van der Waals surface area contributed by atoms with Crippen LogP contribution in [0.4, 0.5) is 4.79 Å². The van der Waals surface area contributed by atoms with Gasteiger partial charge in [0.05, 0.1) is 6.61 Å². The predicted octanol–water partition coefficient (Wildman–Crippen LogP) is 1.46. The first kappa shape index (κ1) is 12.3.